The second kappa shape index (κ2) is 7.08. The van der Waals surface area contributed by atoms with Crippen LogP contribution in [0.3, 0.4) is 0 Å². The van der Waals surface area contributed by atoms with Crippen molar-refractivity contribution in [2.24, 2.45) is 0 Å². The third kappa shape index (κ3) is 3.35. The molecular formula is C19H18FN3O. The molecule has 0 saturated heterocycles. The summed E-state index contributed by atoms with van der Waals surface area (Å²) in [7, 11) is 0. The zero-order chi connectivity index (χ0) is 16.9. The van der Waals surface area contributed by atoms with Gasteiger partial charge >= 0.3 is 0 Å². The molecule has 4 nitrogen and oxygen atoms in total. The van der Waals surface area contributed by atoms with Crippen molar-refractivity contribution in [1.29, 1.82) is 0 Å². The Morgan fingerprint density at radius 1 is 1.12 bits per heavy atom. The summed E-state index contributed by atoms with van der Waals surface area (Å²) in [6.07, 6.45) is 2.20. The topological polar surface area (TPSA) is 46.9 Å². The summed E-state index contributed by atoms with van der Waals surface area (Å²) in [6, 6.07) is 16.0. The highest BCUT2D eigenvalue weighted by atomic mass is 19.1. The van der Waals surface area contributed by atoms with E-state index >= 15 is 0 Å². The van der Waals surface area contributed by atoms with Crippen molar-refractivity contribution in [2.75, 3.05) is 5.32 Å². The van der Waals surface area contributed by atoms with E-state index in [1.807, 2.05) is 41.9 Å². The fourth-order valence-electron chi connectivity index (χ4n) is 2.62. The molecule has 122 valence electrons. The summed E-state index contributed by atoms with van der Waals surface area (Å²) in [5.74, 6) is -0.808. The fourth-order valence-corrected chi connectivity index (χ4v) is 2.62. The fraction of sp³-hybridized carbons (Fsp3) is 0.158. The first-order valence-electron chi connectivity index (χ1n) is 7.83. The number of carbonyl (C=O) groups excluding carboxylic acids is 1. The standard InChI is InChI=1S/C19H18FN3O/c1-2-18-15(19(24)22-17-11-7-6-10-16(17)20)12-21-23(18)13-14-8-4-3-5-9-14/h3-12H,2,13H2,1H3,(H,22,24). The Morgan fingerprint density at radius 2 is 1.83 bits per heavy atom. The van der Waals surface area contributed by atoms with Crippen LogP contribution in [0.5, 0.6) is 0 Å². The molecule has 0 fully saturated rings. The molecule has 0 spiro atoms. The third-order valence-electron chi connectivity index (χ3n) is 3.83. The number of para-hydroxylation sites is 1. The SMILES string of the molecule is CCc1c(C(=O)Nc2ccccc2F)cnn1Cc1ccccc1. The van der Waals surface area contributed by atoms with E-state index < -0.39 is 5.82 Å². The Bertz CT molecular complexity index is 843. The minimum absolute atomic E-state index is 0.167. The molecule has 2 aromatic carbocycles. The van der Waals surface area contributed by atoms with Crippen molar-refractivity contribution in [3.8, 4) is 0 Å². The number of hydrogen-bond donors (Lipinski definition) is 1. The minimum atomic E-state index is -0.458. The Balaban J connectivity index is 1.83. The van der Waals surface area contributed by atoms with Crippen molar-refractivity contribution in [3.63, 3.8) is 0 Å². The first-order valence-corrected chi connectivity index (χ1v) is 7.83. The molecule has 3 rings (SSSR count). The van der Waals surface area contributed by atoms with Gasteiger partial charge in [0.05, 0.1) is 29.7 Å². The lowest BCUT2D eigenvalue weighted by Crippen LogP contribution is -2.15. The lowest BCUT2D eigenvalue weighted by Gasteiger charge is -2.09. The van der Waals surface area contributed by atoms with Crippen LogP contribution < -0.4 is 5.32 Å². The molecule has 5 heteroatoms. The average molecular weight is 323 g/mol. The van der Waals surface area contributed by atoms with Gasteiger partial charge in [-0.3, -0.25) is 9.48 Å². The van der Waals surface area contributed by atoms with Gasteiger partial charge in [-0.15, -0.1) is 0 Å². The van der Waals surface area contributed by atoms with Crippen LogP contribution in [-0.4, -0.2) is 15.7 Å². The van der Waals surface area contributed by atoms with Crippen molar-refractivity contribution in [1.82, 2.24) is 9.78 Å². The number of hydrogen-bond acceptors (Lipinski definition) is 2. The smallest absolute Gasteiger partial charge is 0.259 e. The summed E-state index contributed by atoms with van der Waals surface area (Å²) in [6.45, 7) is 2.56. The predicted octanol–water partition coefficient (Wildman–Crippen LogP) is 3.89. The normalized spacial score (nSPS) is 10.6. The number of nitrogens with zero attached hydrogens (tertiary/aromatic N) is 2. The van der Waals surface area contributed by atoms with E-state index in [1.165, 1.54) is 18.3 Å². The highest BCUT2D eigenvalue weighted by Gasteiger charge is 2.17. The zero-order valence-electron chi connectivity index (χ0n) is 13.4. The maximum absolute atomic E-state index is 13.7. The first-order chi connectivity index (χ1) is 11.7. The monoisotopic (exact) mass is 323 g/mol. The molecule has 0 aliphatic carbocycles. The van der Waals surface area contributed by atoms with Gasteiger partial charge in [0.25, 0.3) is 5.91 Å². The molecule has 1 aromatic heterocycles. The number of halogens is 1. The van der Waals surface area contributed by atoms with E-state index in [9.17, 15) is 9.18 Å². The molecule has 1 heterocycles. The molecule has 0 bridgehead atoms. The number of nitrogens with one attached hydrogen (secondary N) is 1. The molecule has 0 radical (unpaired) electrons. The van der Waals surface area contributed by atoms with E-state index in [2.05, 4.69) is 10.4 Å². The van der Waals surface area contributed by atoms with Crippen LogP contribution in [0.1, 0.15) is 28.5 Å². The van der Waals surface area contributed by atoms with Crippen molar-refractivity contribution in [3.05, 3.63) is 83.4 Å². The molecule has 1 N–H and O–H groups in total. The number of amides is 1. The number of benzene rings is 2. The van der Waals surface area contributed by atoms with Gasteiger partial charge in [0.2, 0.25) is 0 Å². The quantitative estimate of drug-likeness (QED) is 0.774. The van der Waals surface area contributed by atoms with E-state index in [-0.39, 0.29) is 11.6 Å². The molecule has 1 amide bonds. The Morgan fingerprint density at radius 3 is 2.54 bits per heavy atom. The molecule has 3 aromatic rings. The van der Waals surface area contributed by atoms with Gasteiger partial charge in [0, 0.05) is 0 Å². The summed E-state index contributed by atoms with van der Waals surface area (Å²) >= 11 is 0. The minimum Gasteiger partial charge on any atom is -0.319 e. The van der Waals surface area contributed by atoms with Crippen LogP contribution in [0, 0.1) is 5.82 Å². The second-order valence-electron chi connectivity index (χ2n) is 5.44. The van der Waals surface area contributed by atoms with E-state index in [0.29, 0.717) is 18.5 Å². The zero-order valence-corrected chi connectivity index (χ0v) is 13.4. The molecule has 0 aliphatic rings. The average Bonchev–Trinajstić information content (AvgIpc) is 3.00. The van der Waals surface area contributed by atoms with Gasteiger partial charge in [-0.05, 0) is 24.1 Å². The summed E-state index contributed by atoms with van der Waals surface area (Å²) < 4.78 is 15.5. The van der Waals surface area contributed by atoms with E-state index in [1.54, 1.807) is 12.1 Å². The van der Waals surface area contributed by atoms with Gasteiger partial charge in [-0.1, -0.05) is 49.4 Å². The highest BCUT2D eigenvalue weighted by molar-refractivity contribution is 6.05. The van der Waals surface area contributed by atoms with Crippen LogP contribution in [0.25, 0.3) is 0 Å². The summed E-state index contributed by atoms with van der Waals surface area (Å²) in [5, 5.41) is 6.94. The summed E-state index contributed by atoms with van der Waals surface area (Å²) in [4.78, 5) is 12.5. The number of carbonyl (C=O) groups is 1. The maximum atomic E-state index is 13.7. The van der Waals surface area contributed by atoms with Gasteiger partial charge in [-0.25, -0.2) is 4.39 Å². The Kier molecular flexibility index (Phi) is 4.70. The molecular weight excluding hydrogens is 305 g/mol. The van der Waals surface area contributed by atoms with E-state index in [4.69, 9.17) is 0 Å². The molecule has 0 saturated carbocycles. The Hall–Kier alpha value is -2.95. The highest BCUT2D eigenvalue weighted by Crippen LogP contribution is 2.17. The van der Waals surface area contributed by atoms with Crippen LogP contribution in [0.15, 0.2) is 60.8 Å². The lowest BCUT2D eigenvalue weighted by atomic mass is 10.1. The maximum Gasteiger partial charge on any atom is 0.259 e. The molecule has 0 atom stereocenters. The van der Waals surface area contributed by atoms with Crippen molar-refractivity contribution < 1.29 is 9.18 Å². The second-order valence-corrected chi connectivity index (χ2v) is 5.44. The van der Waals surface area contributed by atoms with Crippen LogP contribution in [-0.2, 0) is 13.0 Å². The van der Waals surface area contributed by atoms with Crippen LogP contribution in [0.4, 0.5) is 10.1 Å². The predicted molar refractivity (Wildman–Crippen MR) is 91.5 cm³/mol. The molecule has 0 unspecified atom stereocenters. The number of aromatic nitrogens is 2. The molecule has 24 heavy (non-hydrogen) atoms. The van der Waals surface area contributed by atoms with Crippen LogP contribution >= 0.6 is 0 Å². The first kappa shape index (κ1) is 15.9. The largest absolute Gasteiger partial charge is 0.319 e. The van der Waals surface area contributed by atoms with Gasteiger partial charge in [0.1, 0.15) is 5.82 Å². The number of rotatable bonds is 5. The van der Waals surface area contributed by atoms with Gasteiger partial charge in [-0.2, -0.15) is 5.10 Å². The van der Waals surface area contributed by atoms with E-state index in [0.717, 1.165) is 11.3 Å². The third-order valence-corrected chi connectivity index (χ3v) is 3.83. The Labute approximate surface area is 139 Å². The van der Waals surface area contributed by atoms with Crippen molar-refractivity contribution in [2.45, 2.75) is 19.9 Å². The van der Waals surface area contributed by atoms with Gasteiger partial charge in [0.15, 0.2) is 0 Å². The van der Waals surface area contributed by atoms with Crippen LogP contribution in [0.2, 0.25) is 0 Å². The summed E-state index contributed by atoms with van der Waals surface area (Å²) in [5.41, 5.74) is 2.57. The molecule has 0 aliphatic heterocycles. The van der Waals surface area contributed by atoms with Crippen molar-refractivity contribution >= 4 is 11.6 Å². The number of anilines is 1. The lowest BCUT2D eigenvalue weighted by molar-refractivity contribution is 0.102. The van der Waals surface area contributed by atoms with Gasteiger partial charge < -0.3 is 5.32 Å².